The molecule has 0 aliphatic rings. The Kier molecular flexibility index (Phi) is 4.74. The van der Waals surface area contributed by atoms with Crippen LogP contribution in [0.15, 0.2) is 29.2 Å². The summed E-state index contributed by atoms with van der Waals surface area (Å²) in [4.78, 5) is 23.2. The van der Waals surface area contributed by atoms with Gasteiger partial charge in [0.15, 0.2) is 0 Å². The van der Waals surface area contributed by atoms with Gasteiger partial charge in [0, 0.05) is 4.90 Å². The van der Waals surface area contributed by atoms with E-state index in [4.69, 9.17) is 0 Å². The summed E-state index contributed by atoms with van der Waals surface area (Å²) in [5.74, 6) is -0.592. The third-order valence-corrected chi connectivity index (χ3v) is 3.31. The molecule has 98 valence electrons. The Labute approximate surface area is 109 Å². The van der Waals surface area contributed by atoms with Crippen LogP contribution in [-0.4, -0.2) is 33.0 Å². The third kappa shape index (κ3) is 4.38. The zero-order valence-electron chi connectivity index (χ0n) is 9.67. The molecule has 1 rings (SSSR count). The number of ether oxygens (including phenoxy) is 1. The smallest absolute Gasteiger partial charge is 0.339 e. The zero-order valence-corrected chi connectivity index (χ0v) is 11.3. The molecule has 6 nitrogen and oxygen atoms in total. The van der Waals surface area contributed by atoms with Crippen LogP contribution < -0.4 is 4.72 Å². The number of hydrogen-bond acceptors (Lipinski definition) is 6. The fraction of sp³-hybridized carbons (Fsp3) is 0.200. The number of benzene rings is 1. The second-order valence-corrected chi connectivity index (χ2v) is 6.01. The van der Waals surface area contributed by atoms with Crippen LogP contribution in [0.3, 0.4) is 0 Å². The number of thioether (sulfide) groups is 1. The van der Waals surface area contributed by atoms with E-state index in [0.717, 1.165) is 6.26 Å². The van der Waals surface area contributed by atoms with Gasteiger partial charge in [-0.15, -0.1) is 0 Å². The van der Waals surface area contributed by atoms with Gasteiger partial charge in [-0.1, -0.05) is 12.1 Å². The molecule has 0 aromatic heterocycles. The Balaban J connectivity index is 2.91. The molecule has 0 saturated heterocycles. The number of hydrogen-bond donors (Lipinski definition) is 1. The number of carbonyl (C=O) groups is 2. The first-order valence-electron chi connectivity index (χ1n) is 4.70. The second kappa shape index (κ2) is 5.87. The third-order valence-electron chi connectivity index (χ3n) is 1.76. The fourth-order valence-electron chi connectivity index (χ4n) is 1.11. The molecule has 1 amide bonds. The number of sulfonamides is 1. The molecular weight excluding hydrogens is 278 g/mol. The lowest BCUT2D eigenvalue weighted by Gasteiger charge is -2.06. The van der Waals surface area contributed by atoms with E-state index in [1.807, 2.05) is 0 Å². The number of methoxy groups -OCH3 is 1. The highest BCUT2D eigenvalue weighted by Crippen LogP contribution is 2.23. The molecule has 0 fully saturated rings. The maximum absolute atomic E-state index is 11.4. The molecule has 0 aliphatic carbocycles. The van der Waals surface area contributed by atoms with Crippen molar-refractivity contribution in [3.63, 3.8) is 0 Å². The standard InChI is InChI=1S/C10H11NO5S2/c1-16-9(12)7-5-3-4-6-8(7)17-10(13)11-18(2,14)15/h3-6H,1-2H3,(H,11,13). The van der Waals surface area contributed by atoms with Crippen LogP contribution >= 0.6 is 11.8 Å². The van der Waals surface area contributed by atoms with Gasteiger partial charge in [0.1, 0.15) is 0 Å². The first kappa shape index (κ1) is 14.5. The van der Waals surface area contributed by atoms with Crippen LogP contribution in [0.4, 0.5) is 4.79 Å². The van der Waals surface area contributed by atoms with Crippen molar-refractivity contribution in [1.82, 2.24) is 4.72 Å². The molecular formula is C10H11NO5S2. The molecule has 0 radical (unpaired) electrons. The highest BCUT2D eigenvalue weighted by molar-refractivity contribution is 8.14. The van der Waals surface area contributed by atoms with E-state index in [-0.39, 0.29) is 5.56 Å². The average molecular weight is 289 g/mol. The predicted molar refractivity (Wildman–Crippen MR) is 67.0 cm³/mol. The minimum atomic E-state index is -3.62. The van der Waals surface area contributed by atoms with E-state index < -0.39 is 21.2 Å². The van der Waals surface area contributed by atoms with Crippen LogP contribution in [0.2, 0.25) is 0 Å². The van der Waals surface area contributed by atoms with Crippen molar-refractivity contribution >= 4 is 33.0 Å². The summed E-state index contributed by atoms with van der Waals surface area (Å²) >= 11 is 0.611. The monoisotopic (exact) mass is 289 g/mol. The van der Waals surface area contributed by atoms with Gasteiger partial charge in [-0.3, -0.25) is 4.79 Å². The van der Waals surface area contributed by atoms with Crippen molar-refractivity contribution in [2.24, 2.45) is 0 Å². The van der Waals surface area contributed by atoms with E-state index >= 15 is 0 Å². The van der Waals surface area contributed by atoms with Crippen molar-refractivity contribution in [2.45, 2.75) is 4.90 Å². The molecule has 0 unspecified atom stereocenters. The van der Waals surface area contributed by atoms with Gasteiger partial charge in [-0.2, -0.15) is 0 Å². The normalized spacial score (nSPS) is 10.8. The SMILES string of the molecule is COC(=O)c1ccccc1SC(=O)NS(C)(=O)=O. The Hall–Kier alpha value is -1.54. The van der Waals surface area contributed by atoms with Crippen LogP contribution in [0.25, 0.3) is 0 Å². The first-order chi connectivity index (χ1) is 8.33. The molecule has 1 N–H and O–H groups in total. The van der Waals surface area contributed by atoms with E-state index in [1.54, 1.807) is 16.9 Å². The number of rotatable bonds is 3. The van der Waals surface area contributed by atoms with Gasteiger partial charge in [-0.25, -0.2) is 17.9 Å². The predicted octanol–water partition coefficient (Wildman–Crippen LogP) is 1.23. The minimum absolute atomic E-state index is 0.202. The van der Waals surface area contributed by atoms with Crippen LogP contribution in [0, 0.1) is 0 Å². The summed E-state index contributed by atoms with van der Waals surface area (Å²) in [6.45, 7) is 0. The molecule has 0 atom stereocenters. The van der Waals surface area contributed by atoms with E-state index in [1.165, 1.54) is 19.2 Å². The number of amides is 1. The highest BCUT2D eigenvalue weighted by atomic mass is 32.2. The molecule has 0 spiro atoms. The van der Waals surface area contributed by atoms with Crippen molar-refractivity contribution in [2.75, 3.05) is 13.4 Å². The fourth-order valence-corrected chi connectivity index (χ4v) is 2.64. The molecule has 0 aliphatic heterocycles. The van der Waals surface area contributed by atoms with E-state index in [0.29, 0.717) is 16.7 Å². The molecule has 0 heterocycles. The Bertz CT molecular complexity index is 567. The lowest BCUT2D eigenvalue weighted by atomic mass is 10.2. The number of carbonyl (C=O) groups excluding carboxylic acids is 2. The Morgan fingerprint density at radius 3 is 2.44 bits per heavy atom. The molecule has 18 heavy (non-hydrogen) atoms. The lowest BCUT2D eigenvalue weighted by molar-refractivity contribution is 0.0597. The van der Waals surface area contributed by atoms with Crippen molar-refractivity contribution in [1.29, 1.82) is 0 Å². The largest absolute Gasteiger partial charge is 0.465 e. The number of esters is 1. The van der Waals surface area contributed by atoms with Gasteiger partial charge >= 0.3 is 5.97 Å². The molecule has 0 saturated carbocycles. The first-order valence-corrected chi connectivity index (χ1v) is 7.41. The van der Waals surface area contributed by atoms with E-state index in [9.17, 15) is 18.0 Å². The topological polar surface area (TPSA) is 89.5 Å². The van der Waals surface area contributed by atoms with Crippen LogP contribution in [-0.2, 0) is 14.8 Å². The minimum Gasteiger partial charge on any atom is -0.465 e. The summed E-state index contributed by atoms with van der Waals surface area (Å²) in [6.07, 6.45) is 0.873. The Morgan fingerprint density at radius 2 is 1.89 bits per heavy atom. The zero-order chi connectivity index (χ0) is 13.8. The lowest BCUT2D eigenvalue weighted by Crippen LogP contribution is -2.25. The van der Waals surface area contributed by atoms with Gasteiger partial charge in [0.25, 0.3) is 5.24 Å². The van der Waals surface area contributed by atoms with Gasteiger partial charge in [0.05, 0.1) is 18.9 Å². The summed E-state index contributed by atoms with van der Waals surface area (Å²) < 4.78 is 28.1. The van der Waals surface area contributed by atoms with Crippen LogP contribution in [0.1, 0.15) is 10.4 Å². The molecule has 1 aromatic carbocycles. The summed E-state index contributed by atoms with van der Waals surface area (Å²) in [5.41, 5.74) is 0.202. The average Bonchev–Trinajstić information content (AvgIpc) is 2.26. The van der Waals surface area contributed by atoms with E-state index in [2.05, 4.69) is 4.74 Å². The number of nitrogens with one attached hydrogen (secondary N) is 1. The van der Waals surface area contributed by atoms with Crippen molar-refractivity contribution in [3.05, 3.63) is 29.8 Å². The summed E-state index contributed by atoms with van der Waals surface area (Å²) in [6, 6.07) is 6.26. The molecule has 1 aromatic rings. The molecule has 8 heteroatoms. The van der Waals surface area contributed by atoms with Crippen molar-refractivity contribution < 1.29 is 22.7 Å². The molecule has 0 bridgehead atoms. The van der Waals surface area contributed by atoms with Gasteiger partial charge < -0.3 is 4.74 Å². The van der Waals surface area contributed by atoms with Gasteiger partial charge in [0.2, 0.25) is 10.0 Å². The maximum Gasteiger partial charge on any atom is 0.339 e. The quantitative estimate of drug-likeness (QED) is 0.665. The Morgan fingerprint density at radius 1 is 1.28 bits per heavy atom. The maximum atomic E-state index is 11.4. The van der Waals surface area contributed by atoms with Crippen molar-refractivity contribution in [3.8, 4) is 0 Å². The summed E-state index contributed by atoms with van der Waals surface area (Å²) in [7, 11) is -2.40. The second-order valence-electron chi connectivity index (χ2n) is 3.25. The summed E-state index contributed by atoms with van der Waals surface area (Å²) in [5, 5.41) is -0.783. The van der Waals surface area contributed by atoms with Crippen LogP contribution in [0.5, 0.6) is 0 Å². The highest BCUT2D eigenvalue weighted by Gasteiger charge is 2.16. The van der Waals surface area contributed by atoms with Gasteiger partial charge in [-0.05, 0) is 23.9 Å².